The summed E-state index contributed by atoms with van der Waals surface area (Å²) in [5.41, 5.74) is 3.84. The molecular weight excluding hydrogens is 274 g/mol. The third-order valence-electron chi connectivity index (χ3n) is 2.72. The highest BCUT2D eigenvalue weighted by Gasteiger charge is 2.16. The standard InChI is InChI=1S/C13H15N5O3/c1-21-8-9-3-2-4-10(7-9)15-13-11(18(19)20)5-6-12(16-13)17-14/h2-7H,8,14H2,1H3,(H2,15,16,17). The van der Waals surface area contributed by atoms with Gasteiger partial charge in [0.1, 0.15) is 5.82 Å². The summed E-state index contributed by atoms with van der Waals surface area (Å²) in [5.74, 6) is 5.72. The molecule has 0 bridgehead atoms. The first-order chi connectivity index (χ1) is 10.1. The van der Waals surface area contributed by atoms with Crippen LogP contribution in [0.4, 0.5) is 23.0 Å². The number of hydrazine groups is 1. The molecule has 8 heteroatoms. The summed E-state index contributed by atoms with van der Waals surface area (Å²) in [4.78, 5) is 14.6. The van der Waals surface area contributed by atoms with Gasteiger partial charge in [0.2, 0.25) is 5.82 Å². The zero-order valence-electron chi connectivity index (χ0n) is 11.4. The molecule has 110 valence electrons. The molecule has 1 aromatic carbocycles. The molecule has 0 atom stereocenters. The minimum absolute atomic E-state index is 0.116. The van der Waals surface area contributed by atoms with E-state index < -0.39 is 4.92 Å². The summed E-state index contributed by atoms with van der Waals surface area (Å²) in [6.07, 6.45) is 0. The number of aromatic nitrogens is 1. The van der Waals surface area contributed by atoms with Crippen molar-refractivity contribution in [2.24, 2.45) is 5.84 Å². The zero-order valence-corrected chi connectivity index (χ0v) is 11.4. The first-order valence-corrected chi connectivity index (χ1v) is 6.11. The van der Waals surface area contributed by atoms with Crippen molar-refractivity contribution in [3.05, 3.63) is 52.1 Å². The van der Waals surface area contributed by atoms with Crippen LogP contribution in [0.25, 0.3) is 0 Å². The van der Waals surface area contributed by atoms with Gasteiger partial charge < -0.3 is 15.5 Å². The largest absolute Gasteiger partial charge is 0.380 e. The van der Waals surface area contributed by atoms with E-state index in [0.717, 1.165) is 5.56 Å². The predicted molar refractivity (Wildman–Crippen MR) is 79.1 cm³/mol. The van der Waals surface area contributed by atoms with Crippen LogP contribution in [0, 0.1) is 10.1 Å². The highest BCUT2D eigenvalue weighted by molar-refractivity contribution is 5.67. The second-order valence-electron chi connectivity index (χ2n) is 4.22. The summed E-state index contributed by atoms with van der Waals surface area (Å²) < 4.78 is 5.05. The maximum Gasteiger partial charge on any atom is 0.311 e. The fourth-order valence-electron chi connectivity index (χ4n) is 1.81. The Labute approximate surface area is 121 Å². The van der Waals surface area contributed by atoms with E-state index in [1.54, 1.807) is 13.2 Å². The Morgan fingerprint density at radius 1 is 1.38 bits per heavy atom. The molecule has 0 saturated carbocycles. The van der Waals surface area contributed by atoms with Crippen molar-refractivity contribution in [1.82, 2.24) is 4.98 Å². The van der Waals surface area contributed by atoms with Gasteiger partial charge in [0.25, 0.3) is 0 Å². The third-order valence-corrected chi connectivity index (χ3v) is 2.72. The Hall–Kier alpha value is -2.71. The van der Waals surface area contributed by atoms with E-state index in [1.807, 2.05) is 18.2 Å². The molecule has 4 N–H and O–H groups in total. The van der Waals surface area contributed by atoms with Gasteiger partial charge in [0, 0.05) is 18.9 Å². The van der Waals surface area contributed by atoms with Gasteiger partial charge in [-0.2, -0.15) is 0 Å². The minimum Gasteiger partial charge on any atom is -0.380 e. The first-order valence-electron chi connectivity index (χ1n) is 6.11. The van der Waals surface area contributed by atoms with Crippen LogP contribution in [0.2, 0.25) is 0 Å². The SMILES string of the molecule is COCc1cccc(Nc2nc(NN)ccc2[N+](=O)[O-])c1. The topological polar surface area (TPSA) is 115 Å². The Morgan fingerprint density at radius 2 is 2.19 bits per heavy atom. The molecule has 0 amide bonds. The molecule has 0 aliphatic carbocycles. The Kier molecular flexibility index (Phi) is 4.64. The lowest BCUT2D eigenvalue weighted by atomic mass is 10.2. The normalized spacial score (nSPS) is 10.2. The molecular formula is C13H15N5O3. The molecule has 21 heavy (non-hydrogen) atoms. The van der Waals surface area contributed by atoms with Gasteiger partial charge in [0.05, 0.1) is 11.5 Å². The number of nitrogen functional groups attached to an aromatic ring is 1. The number of hydrogen-bond donors (Lipinski definition) is 3. The van der Waals surface area contributed by atoms with Crippen molar-refractivity contribution in [2.75, 3.05) is 17.9 Å². The second kappa shape index (κ2) is 6.64. The molecule has 8 nitrogen and oxygen atoms in total. The van der Waals surface area contributed by atoms with Gasteiger partial charge in [-0.05, 0) is 23.8 Å². The number of pyridine rings is 1. The molecule has 2 aromatic rings. The number of anilines is 3. The van der Waals surface area contributed by atoms with E-state index in [1.165, 1.54) is 12.1 Å². The zero-order chi connectivity index (χ0) is 15.2. The van der Waals surface area contributed by atoms with Crippen molar-refractivity contribution in [3.8, 4) is 0 Å². The van der Waals surface area contributed by atoms with E-state index in [0.29, 0.717) is 18.1 Å². The van der Waals surface area contributed by atoms with Crippen molar-refractivity contribution in [1.29, 1.82) is 0 Å². The lowest BCUT2D eigenvalue weighted by Crippen LogP contribution is -2.10. The highest BCUT2D eigenvalue weighted by Crippen LogP contribution is 2.27. The van der Waals surface area contributed by atoms with Crippen LogP contribution in [-0.4, -0.2) is 17.0 Å². The second-order valence-corrected chi connectivity index (χ2v) is 4.22. The molecule has 0 saturated heterocycles. The molecule has 2 rings (SSSR count). The average Bonchev–Trinajstić information content (AvgIpc) is 2.47. The highest BCUT2D eigenvalue weighted by atomic mass is 16.6. The number of nitro groups is 1. The minimum atomic E-state index is -0.505. The van der Waals surface area contributed by atoms with Crippen molar-refractivity contribution < 1.29 is 9.66 Å². The monoisotopic (exact) mass is 289 g/mol. The van der Waals surface area contributed by atoms with Gasteiger partial charge in [-0.25, -0.2) is 10.8 Å². The summed E-state index contributed by atoms with van der Waals surface area (Å²) in [5, 5.41) is 14.0. The molecule has 0 aliphatic heterocycles. The third kappa shape index (κ3) is 3.65. The number of nitrogens with two attached hydrogens (primary N) is 1. The molecule has 0 radical (unpaired) electrons. The van der Waals surface area contributed by atoms with Crippen LogP contribution >= 0.6 is 0 Å². The van der Waals surface area contributed by atoms with Crippen molar-refractivity contribution in [3.63, 3.8) is 0 Å². The smallest absolute Gasteiger partial charge is 0.311 e. The molecule has 0 aliphatic rings. The lowest BCUT2D eigenvalue weighted by Gasteiger charge is -2.09. The molecule has 1 heterocycles. The number of nitrogens with one attached hydrogen (secondary N) is 2. The van der Waals surface area contributed by atoms with Gasteiger partial charge in [0.15, 0.2) is 0 Å². The van der Waals surface area contributed by atoms with Crippen LogP contribution in [0.3, 0.4) is 0 Å². The number of rotatable bonds is 6. The molecule has 0 unspecified atom stereocenters. The van der Waals surface area contributed by atoms with Crippen LogP contribution in [0.15, 0.2) is 36.4 Å². The van der Waals surface area contributed by atoms with Crippen LogP contribution < -0.4 is 16.6 Å². The predicted octanol–water partition coefficient (Wildman–Crippen LogP) is 2.17. The Balaban J connectivity index is 2.33. The van der Waals surface area contributed by atoms with E-state index in [-0.39, 0.29) is 11.5 Å². The average molecular weight is 289 g/mol. The number of hydrogen-bond acceptors (Lipinski definition) is 7. The van der Waals surface area contributed by atoms with Crippen LogP contribution in [-0.2, 0) is 11.3 Å². The number of benzene rings is 1. The van der Waals surface area contributed by atoms with Crippen LogP contribution in [0.5, 0.6) is 0 Å². The van der Waals surface area contributed by atoms with Gasteiger partial charge in [-0.3, -0.25) is 10.1 Å². The quantitative estimate of drug-likeness (QED) is 0.424. The molecule has 0 spiro atoms. The number of methoxy groups -OCH3 is 1. The van der Waals surface area contributed by atoms with Gasteiger partial charge >= 0.3 is 5.69 Å². The first kappa shape index (κ1) is 14.7. The molecule has 1 aromatic heterocycles. The van der Waals surface area contributed by atoms with Crippen molar-refractivity contribution in [2.45, 2.75) is 6.61 Å². The Morgan fingerprint density at radius 3 is 2.86 bits per heavy atom. The Bertz CT molecular complexity index is 647. The summed E-state index contributed by atoms with van der Waals surface area (Å²) in [7, 11) is 1.60. The van der Waals surface area contributed by atoms with E-state index >= 15 is 0 Å². The van der Waals surface area contributed by atoms with E-state index in [4.69, 9.17) is 10.6 Å². The number of ether oxygens (including phenoxy) is 1. The maximum absolute atomic E-state index is 11.0. The fraction of sp³-hybridized carbons (Fsp3) is 0.154. The van der Waals surface area contributed by atoms with Crippen molar-refractivity contribution >= 4 is 23.0 Å². The van der Waals surface area contributed by atoms with Gasteiger partial charge in [-0.1, -0.05) is 12.1 Å². The van der Waals surface area contributed by atoms with E-state index in [9.17, 15) is 10.1 Å². The summed E-state index contributed by atoms with van der Waals surface area (Å²) in [6.45, 7) is 0.454. The summed E-state index contributed by atoms with van der Waals surface area (Å²) >= 11 is 0. The lowest BCUT2D eigenvalue weighted by molar-refractivity contribution is -0.384. The van der Waals surface area contributed by atoms with E-state index in [2.05, 4.69) is 15.7 Å². The van der Waals surface area contributed by atoms with Gasteiger partial charge in [-0.15, -0.1) is 0 Å². The summed E-state index contributed by atoms with van der Waals surface area (Å²) in [6, 6.07) is 10.1. The molecule has 0 fully saturated rings. The maximum atomic E-state index is 11.0. The number of nitrogens with zero attached hydrogens (tertiary/aromatic N) is 2. The fourth-order valence-corrected chi connectivity index (χ4v) is 1.81. The van der Waals surface area contributed by atoms with Crippen LogP contribution in [0.1, 0.15) is 5.56 Å².